The number of para-hydroxylation sites is 1. The largest absolute Gasteiger partial charge is 0.456 e. The molecule has 2 nitrogen and oxygen atoms in total. The van der Waals surface area contributed by atoms with E-state index in [2.05, 4.69) is 108 Å². The second kappa shape index (κ2) is 12.5. The minimum Gasteiger partial charge on any atom is -0.456 e. The summed E-state index contributed by atoms with van der Waals surface area (Å²) in [4.78, 5) is 2.25. The highest BCUT2D eigenvalue weighted by atomic mass is 16.3. The Hall–Kier alpha value is -6.90. The molecule has 0 aliphatic rings. The lowest BCUT2D eigenvalue weighted by molar-refractivity contribution is 0.669. The number of furan rings is 1. The van der Waals surface area contributed by atoms with E-state index < -0.39 is 12.1 Å². The number of fused-ring (bicyclic) bond motifs is 5. The van der Waals surface area contributed by atoms with Gasteiger partial charge in [-0.1, -0.05) is 158 Å². The quantitative estimate of drug-likeness (QED) is 0.175. The van der Waals surface area contributed by atoms with Gasteiger partial charge in [0, 0.05) is 16.8 Å². The van der Waals surface area contributed by atoms with Gasteiger partial charge in [-0.2, -0.15) is 0 Å². The average molecular weight is 671 g/mol. The SMILES string of the molecule is [2H]c1c([2H])c([2H])c2c(-c3ccc(-c4ccc(N(c5ccc(-c6cccc7ccccc67)cc5)c5cccc6oc7ccccc7c56)cc4)cc3)c([2H])c([2H])c([2H])c2c1[2H]. The number of hydrogen-bond acceptors (Lipinski definition) is 2. The normalized spacial score (nSPS) is 13.3. The molecule has 0 saturated carbocycles. The first-order valence-corrected chi connectivity index (χ1v) is 17.2. The zero-order chi connectivity index (χ0) is 40.5. The minimum atomic E-state index is -0.468. The van der Waals surface area contributed by atoms with Gasteiger partial charge in [0.15, 0.2) is 0 Å². The van der Waals surface area contributed by atoms with Crippen molar-refractivity contribution in [1.29, 1.82) is 0 Å². The van der Waals surface area contributed by atoms with Crippen molar-refractivity contribution < 1.29 is 14.0 Å². The lowest BCUT2D eigenvalue weighted by atomic mass is 9.96. The molecule has 0 spiro atoms. The summed E-state index contributed by atoms with van der Waals surface area (Å²) in [5.74, 6) is 0. The van der Waals surface area contributed by atoms with Gasteiger partial charge in [-0.25, -0.2) is 0 Å². The molecule has 0 aliphatic carbocycles. The van der Waals surface area contributed by atoms with Crippen LogP contribution in [0.4, 0.5) is 17.1 Å². The molecule has 0 fully saturated rings. The third kappa shape index (κ3) is 5.12. The van der Waals surface area contributed by atoms with Gasteiger partial charge in [0.25, 0.3) is 0 Å². The van der Waals surface area contributed by atoms with Crippen LogP contribution < -0.4 is 4.90 Å². The Morgan fingerprint density at radius 2 is 0.962 bits per heavy atom. The van der Waals surface area contributed by atoms with Crippen molar-refractivity contribution in [3.63, 3.8) is 0 Å². The van der Waals surface area contributed by atoms with Crippen molar-refractivity contribution in [2.24, 2.45) is 0 Å². The predicted octanol–water partition coefficient (Wildman–Crippen LogP) is 14.4. The molecule has 0 aliphatic heterocycles. The second-order valence-corrected chi connectivity index (χ2v) is 12.8. The van der Waals surface area contributed by atoms with E-state index in [1.54, 1.807) is 12.1 Å². The van der Waals surface area contributed by atoms with Crippen LogP contribution in [0.3, 0.4) is 0 Å². The third-order valence-corrected chi connectivity index (χ3v) is 9.79. The number of anilines is 3. The molecular weight excluding hydrogens is 631 g/mol. The molecule has 0 unspecified atom stereocenters. The Morgan fingerprint density at radius 1 is 0.385 bits per heavy atom. The van der Waals surface area contributed by atoms with E-state index in [9.17, 15) is 0 Å². The maximum absolute atomic E-state index is 8.77. The summed E-state index contributed by atoms with van der Waals surface area (Å²) in [7, 11) is 0. The number of benzene rings is 9. The van der Waals surface area contributed by atoms with Gasteiger partial charge in [-0.05, 0) is 97.4 Å². The summed E-state index contributed by atoms with van der Waals surface area (Å²) in [5, 5.41) is 4.45. The highest BCUT2D eigenvalue weighted by Gasteiger charge is 2.19. The second-order valence-electron chi connectivity index (χ2n) is 12.8. The van der Waals surface area contributed by atoms with Crippen LogP contribution in [0.5, 0.6) is 0 Å². The molecule has 2 heteroatoms. The van der Waals surface area contributed by atoms with Crippen LogP contribution >= 0.6 is 0 Å². The summed E-state index contributed by atoms with van der Waals surface area (Å²) in [5.41, 5.74) is 9.39. The lowest BCUT2D eigenvalue weighted by Crippen LogP contribution is -2.10. The highest BCUT2D eigenvalue weighted by molar-refractivity contribution is 6.13. The Labute approximate surface area is 312 Å². The fourth-order valence-corrected chi connectivity index (χ4v) is 7.30. The number of hydrogen-bond donors (Lipinski definition) is 0. The summed E-state index contributed by atoms with van der Waals surface area (Å²) < 4.78 is 65.6. The van der Waals surface area contributed by atoms with Crippen LogP contribution in [0.2, 0.25) is 0 Å². The van der Waals surface area contributed by atoms with Crippen LogP contribution in [0.25, 0.3) is 76.9 Å². The molecule has 0 bridgehead atoms. The molecule has 52 heavy (non-hydrogen) atoms. The van der Waals surface area contributed by atoms with Crippen LogP contribution in [-0.2, 0) is 0 Å². The van der Waals surface area contributed by atoms with Gasteiger partial charge in [-0.15, -0.1) is 0 Å². The average Bonchev–Trinajstić information content (AvgIpc) is 3.67. The number of nitrogens with zero attached hydrogens (tertiary/aromatic N) is 1. The van der Waals surface area contributed by atoms with E-state index in [0.29, 0.717) is 5.56 Å². The first-order valence-electron chi connectivity index (χ1n) is 20.7. The van der Waals surface area contributed by atoms with Crippen molar-refractivity contribution in [3.8, 4) is 33.4 Å². The number of rotatable bonds is 6. The van der Waals surface area contributed by atoms with Gasteiger partial charge < -0.3 is 9.32 Å². The Morgan fingerprint density at radius 3 is 1.77 bits per heavy atom. The standard InChI is InChI=1S/C50H33NO/c1-3-14-42-36(10-1)12-7-17-44(42)38-24-22-34(23-25-38)35-26-30-40(31-27-35)51(47-19-9-21-49-50(47)46-16-5-6-20-48(46)52-49)41-32-28-39(29-33-41)45-18-8-13-37-11-2-4-15-43(37)45/h1-33H/i1D,3D,7D,10D,12D,14D,17D. The molecule has 10 rings (SSSR count). The molecule has 244 valence electrons. The van der Waals surface area contributed by atoms with Crippen molar-refractivity contribution in [2.45, 2.75) is 0 Å². The predicted molar refractivity (Wildman–Crippen MR) is 220 cm³/mol. The maximum Gasteiger partial charge on any atom is 0.137 e. The fraction of sp³-hybridized carbons (Fsp3) is 0. The van der Waals surface area contributed by atoms with Gasteiger partial charge in [0.1, 0.15) is 11.2 Å². The molecule has 0 saturated heterocycles. The lowest BCUT2D eigenvalue weighted by Gasteiger charge is -2.26. The fourth-order valence-electron chi connectivity index (χ4n) is 7.30. The van der Waals surface area contributed by atoms with E-state index >= 15 is 0 Å². The molecular formula is C50H33NO. The first-order chi connectivity index (χ1) is 28.7. The molecule has 10 aromatic rings. The Balaban J connectivity index is 1.06. The van der Waals surface area contributed by atoms with Crippen molar-refractivity contribution in [1.82, 2.24) is 0 Å². The van der Waals surface area contributed by atoms with Crippen LogP contribution in [0.1, 0.15) is 9.60 Å². The molecule has 0 amide bonds. The van der Waals surface area contributed by atoms with Crippen molar-refractivity contribution in [3.05, 3.63) is 200 Å². The molecule has 1 heterocycles. The van der Waals surface area contributed by atoms with Crippen molar-refractivity contribution >= 4 is 60.5 Å². The van der Waals surface area contributed by atoms with E-state index in [0.717, 1.165) is 55.7 Å². The topological polar surface area (TPSA) is 16.4 Å². The van der Waals surface area contributed by atoms with E-state index in [-0.39, 0.29) is 46.5 Å². The minimum absolute atomic E-state index is 0.0569. The smallest absolute Gasteiger partial charge is 0.137 e. The highest BCUT2D eigenvalue weighted by Crippen LogP contribution is 2.44. The van der Waals surface area contributed by atoms with E-state index in [4.69, 9.17) is 14.0 Å². The van der Waals surface area contributed by atoms with Crippen LogP contribution in [-0.4, -0.2) is 0 Å². The van der Waals surface area contributed by atoms with Crippen LogP contribution in [0.15, 0.2) is 204 Å². The molecule has 0 radical (unpaired) electrons. The van der Waals surface area contributed by atoms with Gasteiger partial charge in [0.2, 0.25) is 0 Å². The summed E-state index contributed by atoms with van der Waals surface area (Å²) in [6, 6.07) is 50.8. The third-order valence-electron chi connectivity index (χ3n) is 9.79. The van der Waals surface area contributed by atoms with Crippen molar-refractivity contribution in [2.75, 3.05) is 4.90 Å². The summed E-state index contributed by atoms with van der Waals surface area (Å²) in [6.45, 7) is 0. The zero-order valence-electron chi connectivity index (χ0n) is 34.9. The van der Waals surface area contributed by atoms with E-state index in [1.165, 1.54) is 16.3 Å². The molecule has 9 aromatic carbocycles. The Bertz CT molecular complexity index is 3270. The first kappa shape index (κ1) is 23.5. The van der Waals surface area contributed by atoms with Gasteiger partial charge in [0.05, 0.1) is 20.7 Å². The summed E-state index contributed by atoms with van der Waals surface area (Å²) in [6.07, 6.45) is 0. The molecule has 0 N–H and O–H groups in total. The monoisotopic (exact) mass is 670 g/mol. The van der Waals surface area contributed by atoms with Gasteiger partial charge >= 0.3 is 0 Å². The molecule has 1 aromatic heterocycles. The maximum atomic E-state index is 8.77. The molecule has 0 atom stereocenters. The van der Waals surface area contributed by atoms with E-state index in [1.807, 2.05) is 42.5 Å². The van der Waals surface area contributed by atoms with Gasteiger partial charge in [-0.3, -0.25) is 0 Å². The van der Waals surface area contributed by atoms with Crippen LogP contribution in [0, 0.1) is 0 Å². The zero-order valence-corrected chi connectivity index (χ0v) is 27.9. The Kier molecular flexibility index (Phi) is 5.63. The summed E-state index contributed by atoms with van der Waals surface area (Å²) >= 11 is 0.